The molecule has 0 bridgehead atoms. The van der Waals surface area contributed by atoms with Crippen LogP contribution in [0.4, 0.5) is 0 Å². The van der Waals surface area contributed by atoms with Gasteiger partial charge < -0.3 is 14.5 Å². The van der Waals surface area contributed by atoms with E-state index in [-0.39, 0.29) is 11.8 Å². The van der Waals surface area contributed by atoms with Gasteiger partial charge >= 0.3 is 0 Å². The van der Waals surface area contributed by atoms with Crippen molar-refractivity contribution < 1.29 is 14.3 Å². The molecule has 2 amide bonds. The van der Waals surface area contributed by atoms with Crippen LogP contribution in [0.2, 0.25) is 0 Å². The Labute approximate surface area is 178 Å². The molecular weight excluding hydrogens is 378 g/mol. The van der Waals surface area contributed by atoms with E-state index < -0.39 is 6.04 Å². The van der Waals surface area contributed by atoms with Crippen molar-refractivity contribution in [1.29, 1.82) is 0 Å². The first-order chi connectivity index (χ1) is 14.6. The van der Waals surface area contributed by atoms with E-state index >= 15 is 0 Å². The molecule has 1 fully saturated rings. The highest BCUT2D eigenvalue weighted by atomic mass is 16.5. The Morgan fingerprint density at radius 2 is 1.60 bits per heavy atom. The van der Waals surface area contributed by atoms with E-state index in [4.69, 9.17) is 4.74 Å². The Morgan fingerprint density at radius 3 is 2.30 bits per heavy atom. The summed E-state index contributed by atoms with van der Waals surface area (Å²) >= 11 is 0. The first kappa shape index (κ1) is 20.4. The SMILES string of the molecule is CC(=O)N1Cc2ccccc2C[C@H]1C(=O)N1CCN(CCOc2ccccc2)CC1. The minimum atomic E-state index is -0.398. The van der Waals surface area contributed by atoms with Crippen LogP contribution < -0.4 is 4.74 Å². The Kier molecular flexibility index (Phi) is 6.33. The van der Waals surface area contributed by atoms with Crippen LogP contribution in [-0.4, -0.2) is 71.9 Å². The van der Waals surface area contributed by atoms with Crippen LogP contribution in [-0.2, 0) is 22.6 Å². The monoisotopic (exact) mass is 407 g/mol. The maximum Gasteiger partial charge on any atom is 0.245 e. The minimum Gasteiger partial charge on any atom is -0.492 e. The van der Waals surface area contributed by atoms with Crippen LogP contribution in [0.3, 0.4) is 0 Å². The number of benzene rings is 2. The van der Waals surface area contributed by atoms with Gasteiger partial charge in [-0.3, -0.25) is 14.5 Å². The van der Waals surface area contributed by atoms with Crippen molar-refractivity contribution in [3.05, 3.63) is 65.7 Å². The molecule has 0 unspecified atom stereocenters. The molecule has 0 aliphatic carbocycles. The van der Waals surface area contributed by atoms with E-state index in [1.54, 1.807) is 11.8 Å². The zero-order valence-electron chi connectivity index (χ0n) is 17.5. The Bertz CT molecular complexity index is 878. The average molecular weight is 408 g/mol. The predicted molar refractivity (Wildman–Crippen MR) is 115 cm³/mol. The molecule has 2 aromatic carbocycles. The predicted octanol–water partition coefficient (Wildman–Crippen LogP) is 2.18. The molecule has 2 aromatic rings. The highest BCUT2D eigenvalue weighted by Gasteiger charge is 2.36. The summed E-state index contributed by atoms with van der Waals surface area (Å²) < 4.78 is 5.79. The van der Waals surface area contributed by atoms with Gasteiger partial charge in [-0.15, -0.1) is 0 Å². The van der Waals surface area contributed by atoms with Gasteiger partial charge in [-0.25, -0.2) is 0 Å². The molecule has 1 saturated heterocycles. The van der Waals surface area contributed by atoms with E-state index in [1.165, 1.54) is 5.56 Å². The third kappa shape index (κ3) is 4.65. The number of amides is 2. The molecular formula is C24H29N3O3. The van der Waals surface area contributed by atoms with Crippen molar-refractivity contribution in [2.45, 2.75) is 25.9 Å². The van der Waals surface area contributed by atoms with Crippen molar-refractivity contribution in [3.63, 3.8) is 0 Å². The molecule has 1 atom stereocenters. The van der Waals surface area contributed by atoms with Crippen molar-refractivity contribution in [2.75, 3.05) is 39.3 Å². The number of nitrogens with zero attached hydrogens (tertiary/aromatic N) is 3. The molecule has 158 valence electrons. The number of ether oxygens (including phenoxy) is 1. The van der Waals surface area contributed by atoms with Crippen LogP contribution in [0.15, 0.2) is 54.6 Å². The summed E-state index contributed by atoms with van der Waals surface area (Å²) in [6.45, 7) is 6.57. The molecule has 0 saturated carbocycles. The molecule has 6 heteroatoms. The van der Waals surface area contributed by atoms with Crippen LogP contribution >= 0.6 is 0 Å². The molecule has 0 aromatic heterocycles. The van der Waals surface area contributed by atoms with E-state index in [9.17, 15) is 9.59 Å². The van der Waals surface area contributed by atoms with Crippen LogP contribution in [0, 0.1) is 0 Å². The Balaban J connectivity index is 1.30. The fourth-order valence-corrected chi connectivity index (χ4v) is 4.29. The number of hydrogen-bond acceptors (Lipinski definition) is 4. The lowest BCUT2D eigenvalue weighted by Crippen LogP contribution is -2.57. The molecule has 30 heavy (non-hydrogen) atoms. The first-order valence-electron chi connectivity index (χ1n) is 10.6. The van der Waals surface area contributed by atoms with E-state index in [1.807, 2.05) is 53.4 Å². The number of hydrogen-bond donors (Lipinski definition) is 0. The molecule has 0 spiro atoms. The highest BCUT2D eigenvalue weighted by molar-refractivity contribution is 5.88. The average Bonchev–Trinajstić information content (AvgIpc) is 2.79. The fourth-order valence-electron chi connectivity index (χ4n) is 4.29. The topological polar surface area (TPSA) is 53.1 Å². The van der Waals surface area contributed by atoms with Gasteiger partial charge in [-0.1, -0.05) is 42.5 Å². The third-order valence-electron chi connectivity index (χ3n) is 6.04. The summed E-state index contributed by atoms with van der Waals surface area (Å²) in [5, 5.41) is 0. The highest BCUT2D eigenvalue weighted by Crippen LogP contribution is 2.25. The molecule has 0 N–H and O–H groups in total. The van der Waals surface area contributed by atoms with Crippen molar-refractivity contribution in [2.24, 2.45) is 0 Å². The number of piperazine rings is 1. The maximum absolute atomic E-state index is 13.3. The standard InChI is InChI=1S/C24H29N3O3/c1-19(28)27-18-21-8-6-5-7-20(21)17-23(27)24(29)26-13-11-25(12-14-26)15-16-30-22-9-3-2-4-10-22/h2-10,23H,11-18H2,1H3/t23-/m0/s1. The second-order valence-electron chi connectivity index (χ2n) is 7.96. The van der Waals surface area contributed by atoms with Crippen molar-refractivity contribution >= 4 is 11.8 Å². The molecule has 4 rings (SSSR count). The molecule has 2 heterocycles. The lowest BCUT2D eigenvalue weighted by molar-refractivity contribution is -0.147. The van der Waals surface area contributed by atoms with Gasteiger partial charge in [0.25, 0.3) is 0 Å². The second-order valence-corrected chi connectivity index (χ2v) is 7.96. The number of rotatable bonds is 5. The number of fused-ring (bicyclic) bond motifs is 1. The van der Waals surface area contributed by atoms with Gasteiger partial charge in [0.05, 0.1) is 0 Å². The third-order valence-corrected chi connectivity index (χ3v) is 6.04. The summed E-state index contributed by atoms with van der Waals surface area (Å²) in [5.41, 5.74) is 2.31. The molecule has 0 radical (unpaired) electrons. The zero-order chi connectivity index (χ0) is 20.9. The van der Waals surface area contributed by atoms with Gasteiger partial charge in [0, 0.05) is 52.6 Å². The first-order valence-corrected chi connectivity index (χ1v) is 10.6. The van der Waals surface area contributed by atoms with Gasteiger partial charge in [0.2, 0.25) is 11.8 Å². The van der Waals surface area contributed by atoms with E-state index in [0.29, 0.717) is 32.7 Å². The summed E-state index contributed by atoms with van der Waals surface area (Å²) in [5.74, 6) is 0.910. The molecule has 6 nitrogen and oxygen atoms in total. The molecule has 2 aliphatic rings. The summed E-state index contributed by atoms with van der Waals surface area (Å²) in [6.07, 6.45) is 0.597. The number of carbonyl (C=O) groups excluding carboxylic acids is 2. The van der Waals surface area contributed by atoms with Crippen LogP contribution in [0.1, 0.15) is 18.1 Å². The second kappa shape index (κ2) is 9.30. The van der Waals surface area contributed by atoms with Crippen LogP contribution in [0.25, 0.3) is 0 Å². The molecule has 2 aliphatic heterocycles. The fraction of sp³-hybridized carbons (Fsp3) is 0.417. The van der Waals surface area contributed by atoms with E-state index in [2.05, 4.69) is 11.0 Å². The zero-order valence-corrected chi connectivity index (χ0v) is 17.5. The Morgan fingerprint density at radius 1 is 0.933 bits per heavy atom. The lowest BCUT2D eigenvalue weighted by Gasteiger charge is -2.41. The van der Waals surface area contributed by atoms with Gasteiger partial charge in [0.1, 0.15) is 18.4 Å². The van der Waals surface area contributed by atoms with Gasteiger partial charge in [-0.05, 0) is 23.3 Å². The number of carbonyl (C=O) groups is 2. The minimum absolute atomic E-state index is 0.0421. The number of para-hydroxylation sites is 1. The van der Waals surface area contributed by atoms with Crippen molar-refractivity contribution in [3.8, 4) is 5.75 Å². The van der Waals surface area contributed by atoms with Crippen LogP contribution in [0.5, 0.6) is 5.75 Å². The van der Waals surface area contributed by atoms with E-state index in [0.717, 1.165) is 30.9 Å². The maximum atomic E-state index is 13.3. The van der Waals surface area contributed by atoms with Crippen molar-refractivity contribution in [1.82, 2.24) is 14.7 Å². The largest absolute Gasteiger partial charge is 0.492 e. The summed E-state index contributed by atoms with van der Waals surface area (Å²) in [7, 11) is 0. The normalized spacial score (nSPS) is 19.3. The van der Waals surface area contributed by atoms with Gasteiger partial charge in [0.15, 0.2) is 0 Å². The quantitative estimate of drug-likeness (QED) is 0.763. The lowest BCUT2D eigenvalue weighted by atomic mass is 9.93. The summed E-state index contributed by atoms with van der Waals surface area (Å²) in [4.78, 5) is 31.5. The smallest absolute Gasteiger partial charge is 0.245 e. The summed E-state index contributed by atoms with van der Waals surface area (Å²) in [6, 6.07) is 17.5. The Hall–Kier alpha value is -2.86. The van der Waals surface area contributed by atoms with Gasteiger partial charge in [-0.2, -0.15) is 0 Å².